The molecule has 19 heavy (non-hydrogen) atoms. The largest absolute Gasteiger partial charge is 0.477 e. The second-order valence-electron chi connectivity index (χ2n) is 6.61. The van der Waals surface area contributed by atoms with Crippen molar-refractivity contribution in [3.63, 3.8) is 0 Å². The van der Waals surface area contributed by atoms with Crippen molar-refractivity contribution in [3.8, 4) is 5.88 Å². The Labute approximate surface area is 114 Å². The van der Waals surface area contributed by atoms with Gasteiger partial charge in [0.25, 0.3) is 0 Å². The minimum atomic E-state index is 0.0490. The highest BCUT2D eigenvalue weighted by molar-refractivity contribution is 5.77. The van der Waals surface area contributed by atoms with E-state index in [2.05, 4.69) is 42.9 Å². The molecule has 1 saturated carbocycles. The van der Waals surface area contributed by atoms with Gasteiger partial charge in [0.05, 0.1) is 6.61 Å². The topological polar surface area (TPSA) is 37.9 Å². The fraction of sp³-hybridized carbons (Fsp3) is 0.562. The predicted octanol–water partition coefficient (Wildman–Crippen LogP) is 4.04. The molecule has 3 rings (SSSR count). The zero-order valence-electron chi connectivity index (χ0n) is 12.0. The summed E-state index contributed by atoms with van der Waals surface area (Å²) in [6.45, 7) is 7.43. The molecule has 2 heterocycles. The maximum atomic E-state index is 6.01. The normalized spacial score (nSPS) is 16.6. The summed E-state index contributed by atoms with van der Waals surface area (Å²) >= 11 is 0. The Bertz CT molecular complexity index is 576. The van der Waals surface area contributed by atoms with Crippen molar-refractivity contribution < 1.29 is 4.74 Å². The van der Waals surface area contributed by atoms with Gasteiger partial charge in [-0.3, -0.25) is 0 Å². The lowest BCUT2D eigenvalue weighted by Gasteiger charge is -2.27. The summed E-state index contributed by atoms with van der Waals surface area (Å²) in [7, 11) is 0. The molecule has 0 radical (unpaired) electrons. The molecule has 0 saturated heterocycles. The SMILES string of the molecule is CC(C)(C)c1cc2cc[nH]c2nc1OCC1CCC1. The first-order chi connectivity index (χ1) is 9.04. The zero-order chi connectivity index (χ0) is 13.5. The van der Waals surface area contributed by atoms with Gasteiger partial charge in [0.2, 0.25) is 5.88 Å². The molecule has 2 aromatic heterocycles. The summed E-state index contributed by atoms with van der Waals surface area (Å²) in [5, 5.41) is 1.15. The van der Waals surface area contributed by atoms with Crippen LogP contribution in [0.1, 0.15) is 45.6 Å². The van der Waals surface area contributed by atoms with Crippen LogP contribution in [0, 0.1) is 5.92 Å². The molecule has 1 aliphatic carbocycles. The Hall–Kier alpha value is -1.51. The van der Waals surface area contributed by atoms with Crippen molar-refractivity contribution in [1.29, 1.82) is 0 Å². The van der Waals surface area contributed by atoms with Gasteiger partial charge >= 0.3 is 0 Å². The van der Waals surface area contributed by atoms with Crippen LogP contribution in [0.5, 0.6) is 5.88 Å². The fourth-order valence-electron chi connectivity index (χ4n) is 2.47. The van der Waals surface area contributed by atoms with Gasteiger partial charge in [0.1, 0.15) is 5.65 Å². The van der Waals surface area contributed by atoms with Gasteiger partial charge in [0.15, 0.2) is 0 Å². The molecule has 2 aromatic rings. The first-order valence-electron chi connectivity index (χ1n) is 7.15. The van der Waals surface area contributed by atoms with Crippen LogP contribution in [0.15, 0.2) is 18.3 Å². The lowest BCUT2D eigenvalue weighted by atomic mass is 9.86. The molecule has 102 valence electrons. The summed E-state index contributed by atoms with van der Waals surface area (Å²) in [6, 6.07) is 4.27. The van der Waals surface area contributed by atoms with Crippen LogP contribution in [0.4, 0.5) is 0 Å². The average Bonchev–Trinajstić information content (AvgIpc) is 2.71. The van der Waals surface area contributed by atoms with Gasteiger partial charge in [0, 0.05) is 17.1 Å². The Balaban J connectivity index is 1.93. The number of pyridine rings is 1. The summed E-state index contributed by atoms with van der Waals surface area (Å²) < 4.78 is 6.01. The van der Waals surface area contributed by atoms with Crippen molar-refractivity contribution in [2.45, 2.75) is 45.4 Å². The molecule has 0 atom stereocenters. The van der Waals surface area contributed by atoms with Crippen LogP contribution in [-0.2, 0) is 5.41 Å². The standard InChI is InChI=1S/C16H22N2O/c1-16(2,3)13-9-12-7-8-17-14(12)18-15(13)19-10-11-5-4-6-11/h7-9,11H,4-6,10H2,1-3H3,(H,17,18). The number of H-pyrrole nitrogens is 1. The number of fused-ring (bicyclic) bond motifs is 1. The van der Waals surface area contributed by atoms with Crippen LogP contribution in [0.3, 0.4) is 0 Å². The molecule has 0 spiro atoms. The summed E-state index contributed by atoms with van der Waals surface area (Å²) in [5.74, 6) is 1.53. The number of hydrogen-bond donors (Lipinski definition) is 1. The Morgan fingerprint density at radius 2 is 2.16 bits per heavy atom. The van der Waals surface area contributed by atoms with Crippen molar-refractivity contribution in [2.24, 2.45) is 5.92 Å². The predicted molar refractivity (Wildman–Crippen MR) is 77.6 cm³/mol. The first-order valence-corrected chi connectivity index (χ1v) is 7.15. The van der Waals surface area contributed by atoms with Gasteiger partial charge in [-0.15, -0.1) is 0 Å². The van der Waals surface area contributed by atoms with E-state index in [-0.39, 0.29) is 5.41 Å². The maximum Gasteiger partial charge on any atom is 0.219 e. The second kappa shape index (κ2) is 4.55. The summed E-state index contributed by atoms with van der Waals surface area (Å²) in [4.78, 5) is 7.82. The third-order valence-electron chi connectivity index (χ3n) is 3.99. The lowest BCUT2D eigenvalue weighted by molar-refractivity contribution is 0.173. The van der Waals surface area contributed by atoms with Gasteiger partial charge in [-0.25, -0.2) is 0 Å². The van der Waals surface area contributed by atoms with Gasteiger partial charge in [-0.05, 0) is 36.3 Å². The Morgan fingerprint density at radius 1 is 1.37 bits per heavy atom. The van der Waals surface area contributed by atoms with E-state index in [1.54, 1.807) is 0 Å². The van der Waals surface area contributed by atoms with Crippen molar-refractivity contribution in [1.82, 2.24) is 9.97 Å². The number of aromatic amines is 1. The molecule has 3 nitrogen and oxygen atoms in total. The van der Waals surface area contributed by atoms with E-state index >= 15 is 0 Å². The van der Waals surface area contributed by atoms with E-state index in [1.807, 2.05) is 6.20 Å². The molecule has 0 bridgehead atoms. The second-order valence-corrected chi connectivity index (χ2v) is 6.61. The highest BCUT2D eigenvalue weighted by Gasteiger charge is 2.24. The average molecular weight is 258 g/mol. The van der Waals surface area contributed by atoms with E-state index in [4.69, 9.17) is 4.74 Å². The highest BCUT2D eigenvalue weighted by atomic mass is 16.5. The van der Waals surface area contributed by atoms with Crippen LogP contribution in [0.2, 0.25) is 0 Å². The van der Waals surface area contributed by atoms with Crippen LogP contribution in [0.25, 0.3) is 11.0 Å². The number of nitrogens with one attached hydrogen (secondary N) is 1. The summed E-state index contributed by atoms with van der Waals surface area (Å²) in [6.07, 6.45) is 5.88. The Morgan fingerprint density at radius 3 is 2.79 bits per heavy atom. The number of nitrogens with zero attached hydrogens (tertiary/aromatic N) is 1. The molecule has 3 heteroatoms. The molecule has 0 unspecified atom stereocenters. The van der Waals surface area contributed by atoms with E-state index in [0.717, 1.165) is 29.4 Å². The van der Waals surface area contributed by atoms with Gasteiger partial charge in [-0.1, -0.05) is 27.2 Å². The van der Waals surface area contributed by atoms with Crippen molar-refractivity contribution >= 4 is 11.0 Å². The molecule has 1 aliphatic rings. The quantitative estimate of drug-likeness (QED) is 0.902. The number of ether oxygens (including phenoxy) is 1. The van der Waals surface area contributed by atoms with Crippen LogP contribution in [-0.4, -0.2) is 16.6 Å². The third-order valence-corrected chi connectivity index (χ3v) is 3.99. The molecule has 0 amide bonds. The van der Waals surface area contributed by atoms with Crippen molar-refractivity contribution in [3.05, 3.63) is 23.9 Å². The number of aromatic nitrogens is 2. The minimum absolute atomic E-state index is 0.0490. The number of hydrogen-bond acceptors (Lipinski definition) is 2. The fourth-order valence-corrected chi connectivity index (χ4v) is 2.47. The zero-order valence-corrected chi connectivity index (χ0v) is 12.0. The lowest BCUT2D eigenvalue weighted by Crippen LogP contribution is -2.21. The molecule has 0 aromatic carbocycles. The molecular formula is C16H22N2O. The maximum absolute atomic E-state index is 6.01. The Kier molecular flexibility index (Phi) is 3.00. The van der Waals surface area contributed by atoms with E-state index in [1.165, 1.54) is 24.8 Å². The first kappa shape index (κ1) is 12.5. The van der Waals surface area contributed by atoms with Crippen LogP contribution < -0.4 is 4.74 Å². The molecule has 1 fully saturated rings. The van der Waals surface area contributed by atoms with E-state index in [0.29, 0.717) is 0 Å². The van der Waals surface area contributed by atoms with Crippen molar-refractivity contribution in [2.75, 3.05) is 6.61 Å². The third kappa shape index (κ3) is 2.46. The molecule has 0 aliphatic heterocycles. The summed E-state index contributed by atoms with van der Waals surface area (Å²) in [5.41, 5.74) is 2.16. The van der Waals surface area contributed by atoms with E-state index < -0.39 is 0 Å². The monoisotopic (exact) mass is 258 g/mol. The van der Waals surface area contributed by atoms with E-state index in [9.17, 15) is 0 Å². The minimum Gasteiger partial charge on any atom is -0.477 e. The van der Waals surface area contributed by atoms with Gasteiger partial charge in [-0.2, -0.15) is 4.98 Å². The molecular weight excluding hydrogens is 236 g/mol. The van der Waals surface area contributed by atoms with Crippen LogP contribution >= 0.6 is 0 Å². The van der Waals surface area contributed by atoms with Gasteiger partial charge < -0.3 is 9.72 Å². The highest BCUT2D eigenvalue weighted by Crippen LogP contribution is 2.34. The number of rotatable bonds is 3. The molecule has 1 N–H and O–H groups in total. The smallest absolute Gasteiger partial charge is 0.219 e.